The van der Waals surface area contributed by atoms with Crippen molar-refractivity contribution in [3.05, 3.63) is 60.4 Å². The van der Waals surface area contributed by atoms with Gasteiger partial charge in [0.2, 0.25) is 5.91 Å². The molecule has 6 nitrogen and oxygen atoms in total. The van der Waals surface area contributed by atoms with E-state index in [-0.39, 0.29) is 16.8 Å². The van der Waals surface area contributed by atoms with Gasteiger partial charge in [-0.2, -0.15) is 0 Å². The Kier molecular flexibility index (Phi) is 3.82. The smallest absolute Gasteiger partial charge is 0.235 e. The van der Waals surface area contributed by atoms with E-state index in [1.807, 2.05) is 32.0 Å². The summed E-state index contributed by atoms with van der Waals surface area (Å²) in [6, 6.07) is 12.0. The number of sulfone groups is 1. The molecule has 1 unspecified atom stereocenters. The zero-order valence-electron chi connectivity index (χ0n) is 15.2. The van der Waals surface area contributed by atoms with Gasteiger partial charge in [0.25, 0.3) is 0 Å². The highest BCUT2D eigenvalue weighted by Gasteiger charge is 2.56. The summed E-state index contributed by atoms with van der Waals surface area (Å²) < 4.78 is 23.9. The molecule has 1 fully saturated rings. The monoisotopic (exact) mass is 381 g/mol. The zero-order valence-corrected chi connectivity index (χ0v) is 16.1. The molecule has 0 bridgehead atoms. The summed E-state index contributed by atoms with van der Waals surface area (Å²) in [5, 5.41) is 0. The van der Waals surface area contributed by atoms with Crippen LogP contribution in [0.5, 0.6) is 0 Å². The first-order chi connectivity index (χ1) is 12.7. The third kappa shape index (κ3) is 2.70. The van der Waals surface area contributed by atoms with Crippen molar-refractivity contribution in [1.29, 1.82) is 0 Å². The van der Waals surface area contributed by atoms with E-state index >= 15 is 0 Å². The molecule has 2 heterocycles. The number of β-lactam (4-membered cyclic amide) rings is 1. The highest BCUT2D eigenvalue weighted by molar-refractivity contribution is 7.90. The van der Waals surface area contributed by atoms with E-state index in [0.717, 1.165) is 22.9 Å². The normalized spacial score (nSPS) is 19.1. The van der Waals surface area contributed by atoms with Crippen LogP contribution in [0.2, 0.25) is 0 Å². The fraction of sp³-hybridized carbons (Fsp3) is 0.250. The van der Waals surface area contributed by atoms with Gasteiger partial charge in [0.15, 0.2) is 9.84 Å². The molecule has 27 heavy (non-hydrogen) atoms. The number of hydrogen-bond donors (Lipinski definition) is 0. The molecule has 3 aromatic rings. The van der Waals surface area contributed by atoms with E-state index in [4.69, 9.17) is 0 Å². The summed E-state index contributed by atoms with van der Waals surface area (Å²) in [6.45, 7) is 3.79. The second-order valence-electron chi connectivity index (χ2n) is 7.34. The first kappa shape index (κ1) is 17.6. The third-order valence-electron chi connectivity index (χ3n) is 5.06. The zero-order chi connectivity index (χ0) is 19.4. The molecule has 1 amide bonds. The second kappa shape index (κ2) is 5.85. The van der Waals surface area contributed by atoms with Crippen LogP contribution in [0.15, 0.2) is 59.8 Å². The van der Waals surface area contributed by atoms with Gasteiger partial charge in [0, 0.05) is 29.9 Å². The number of nitrogens with zero attached hydrogens (tertiary/aromatic N) is 3. The fourth-order valence-corrected chi connectivity index (χ4v) is 4.36. The van der Waals surface area contributed by atoms with Gasteiger partial charge in [-0.3, -0.25) is 14.8 Å². The predicted molar refractivity (Wildman–Crippen MR) is 103 cm³/mol. The largest absolute Gasteiger partial charge is 0.303 e. The fourth-order valence-electron chi connectivity index (χ4n) is 3.70. The van der Waals surface area contributed by atoms with Crippen molar-refractivity contribution in [2.45, 2.75) is 24.8 Å². The van der Waals surface area contributed by atoms with Crippen LogP contribution in [0.1, 0.15) is 25.5 Å². The van der Waals surface area contributed by atoms with Gasteiger partial charge < -0.3 is 4.90 Å². The molecule has 0 radical (unpaired) electrons. The number of rotatable bonds is 3. The quantitative estimate of drug-likeness (QED) is 0.651. The van der Waals surface area contributed by atoms with Crippen LogP contribution in [0.3, 0.4) is 0 Å². The number of fused-ring (bicyclic) bond motifs is 1. The van der Waals surface area contributed by atoms with E-state index in [1.165, 1.54) is 6.07 Å². The number of carbonyl (C=O) groups excluding carboxylic acids is 1. The minimum absolute atomic E-state index is 0.0564. The Balaban J connectivity index is 1.88. The average Bonchev–Trinajstić information content (AvgIpc) is 2.64. The summed E-state index contributed by atoms with van der Waals surface area (Å²) >= 11 is 0. The molecule has 0 spiro atoms. The lowest BCUT2D eigenvalue weighted by molar-refractivity contribution is -0.137. The lowest BCUT2D eigenvalue weighted by Gasteiger charge is -2.53. The molecule has 138 valence electrons. The van der Waals surface area contributed by atoms with Crippen molar-refractivity contribution in [2.75, 3.05) is 11.2 Å². The van der Waals surface area contributed by atoms with Gasteiger partial charge in [-0.25, -0.2) is 8.42 Å². The number of para-hydroxylation sites is 1. The van der Waals surface area contributed by atoms with Crippen LogP contribution in [-0.4, -0.2) is 30.5 Å². The van der Waals surface area contributed by atoms with Crippen molar-refractivity contribution in [1.82, 2.24) is 9.97 Å². The van der Waals surface area contributed by atoms with Gasteiger partial charge >= 0.3 is 0 Å². The number of hydrogen-bond acceptors (Lipinski definition) is 5. The standard InChI is InChI=1S/C20H19N3O3S/c1-20(2)18(15-8-5-9-16-17(15)22-11-10-21-16)23(19(20)24)13-6-4-7-14(12-13)27(3,25)26/h4-12,18H,1-3H3. The second-order valence-corrected chi connectivity index (χ2v) is 9.36. The van der Waals surface area contributed by atoms with Gasteiger partial charge in [0.05, 0.1) is 27.4 Å². The summed E-state index contributed by atoms with van der Waals surface area (Å²) in [6.07, 6.45) is 4.43. The van der Waals surface area contributed by atoms with E-state index in [2.05, 4.69) is 9.97 Å². The van der Waals surface area contributed by atoms with Gasteiger partial charge in [0.1, 0.15) is 0 Å². The topological polar surface area (TPSA) is 80.2 Å². The Morgan fingerprint density at radius 1 is 1.04 bits per heavy atom. The number of aromatic nitrogens is 2. The van der Waals surface area contributed by atoms with Crippen molar-refractivity contribution in [2.24, 2.45) is 5.41 Å². The molecule has 7 heteroatoms. The molecule has 1 aromatic heterocycles. The van der Waals surface area contributed by atoms with Gasteiger partial charge in [-0.05, 0) is 38.1 Å². The van der Waals surface area contributed by atoms with Gasteiger partial charge in [-0.15, -0.1) is 0 Å². The Morgan fingerprint density at radius 2 is 1.74 bits per heavy atom. The molecular weight excluding hydrogens is 362 g/mol. The lowest BCUT2D eigenvalue weighted by Crippen LogP contribution is -2.61. The minimum Gasteiger partial charge on any atom is -0.303 e. The van der Waals surface area contributed by atoms with Crippen molar-refractivity contribution in [3.8, 4) is 0 Å². The molecule has 2 aromatic carbocycles. The van der Waals surface area contributed by atoms with Crippen molar-refractivity contribution < 1.29 is 13.2 Å². The lowest BCUT2D eigenvalue weighted by atomic mass is 9.70. The Bertz CT molecular complexity index is 1170. The molecule has 0 aliphatic carbocycles. The molecule has 0 N–H and O–H groups in total. The van der Waals surface area contributed by atoms with Gasteiger partial charge in [-0.1, -0.05) is 18.2 Å². The maximum absolute atomic E-state index is 12.9. The Morgan fingerprint density at radius 3 is 2.48 bits per heavy atom. The molecule has 1 atom stereocenters. The molecular formula is C20H19N3O3S. The summed E-state index contributed by atoms with van der Waals surface area (Å²) in [5.74, 6) is -0.0564. The molecule has 4 rings (SSSR count). The highest BCUT2D eigenvalue weighted by atomic mass is 32.2. The Hall–Kier alpha value is -2.80. The third-order valence-corrected chi connectivity index (χ3v) is 6.17. The van der Waals surface area contributed by atoms with Crippen LogP contribution >= 0.6 is 0 Å². The molecule has 1 saturated heterocycles. The maximum Gasteiger partial charge on any atom is 0.235 e. The maximum atomic E-state index is 12.9. The molecule has 0 saturated carbocycles. The summed E-state index contributed by atoms with van der Waals surface area (Å²) in [7, 11) is -3.37. The summed E-state index contributed by atoms with van der Waals surface area (Å²) in [4.78, 5) is 23.6. The first-order valence-electron chi connectivity index (χ1n) is 8.54. The van der Waals surface area contributed by atoms with E-state index in [0.29, 0.717) is 5.69 Å². The van der Waals surface area contributed by atoms with Crippen LogP contribution in [-0.2, 0) is 14.6 Å². The van der Waals surface area contributed by atoms with E-state index < -0.39 is 15.3 Å². The Labute approximate surface area is 157 Å². The number of benzene rings is 2. The van der Waals surface area contributed by atoms with Crippen LogP contribution in [0.4, 0.5) is 5.69 Å². The first-order valence-corrected chi connectivity index (χ1v) is 10.4. The number of carbonyl (C=O) groups is 1. The number of anilines is 1. The SMILES string of the molecule is CC1(C)C(=O)N(c2cccc(S(C)(=O)=O)c2)C1c1cccc2nccnc12. The number of amides is 1. The van der Waals surface area contributed by atoms with Crippen LogP contribution in [0, 0.1) is 5.41 Å². The highest BCUT2D eigenvalue weighted by Crippen LogP contribution is 2.52. The summed E-state index contributed by atoms with van der Waals surface area (Å²) in [5.41, 5.74) is 2.33. The average molecular weight is 381 g/mol. The van der Waals surface area contributed by atoms with Crippen LogP contribution < -0.4 is 4.90 Å². The predicted octanol–water partition coefficient (Wildman–Crippen LogP) is 3.15. The molecule has 1 aliphatic heterocycles. The van der Waals surface area contributed by atoms with E-state index in [9.17, 15) is 13.2 Å². The van der Waals surface area contributed by atoms with Crippen LogP contribution in [0.25, 0.3) is 11.0 Å². The minimum atomic E-state index is -3.37. The van der Waals surface area contributed by atoms with Crippen molar-refractivity contribution in [3.63, 3.8) is 0 Å². The van der Waals surface area contributed by atoms with Crippen molar-refractivity contribution >= 4 is 32.5 Å². The van der Waals surface area contributed by atoms with E-state index in [1.54, 1.807) is 35.5 Å². The molecule has 1 aliphatic rings.